The lowest BCUT2D eigenvalue weighted by Crippen LogP contribution is -2.23. The lowest BCUT2D eigenvalue weighted by Gasteiger charge is -2.23. The molecule has 0 aliphatic carbocycles. The Morgan fingerprint density at radius 3 is 2.24 bits per heavy atom. The predicted octanol–water partition coefficient (Wildman–Crippen LogP) is 2.39. The summed E-state index contributed by atoms with van der Waals surface area (Å²) >= 11 is 0. The number of allylic oxidation sites excluding steroid dienone is 3. The Hall–Kier alpha value is -2.56. The molecule has 2 rings (SSSR count). The maximum absolute atomic E-state index is 10.9. The molecule has 5 heteroatoms. The highest BCUT2D eigenvalue weighted by atomic mass is 16.4. The van der Waals surface area contributed by atoms with Gasteiger partial charge in [-0.1, -0.05) is 32.0 Å². The molecule has 0 saturated heterocycles. The second-order valence-electron chi connectivity index (χ2n) is 5.44. The Kier molecular flexibility index (Phi) is 3.60. The smallest absolute Gasteiger partial charge is 0.343 e. The number of hydrogen-bond donors (Lipinski definition) is 2. The quantitative estimate of drug-likeness (QED) is 0.507. The zero-order valence-corrected chi connectivity index (χ0v) is 12.1. The van der Waals surface area contributed by atoms with Gasteiger partial charge in [0.2, 0.25) is 0 Å². The average Bonchev–Trinajstić information content (AvgIpc) is 2.59. The summed E-state index contributed by atoms with van der Waals surface area (Å²) in [5.41, 5.74) is 2.05. The molecule has 5 nitrogen and oxygen atoms in total. The van der Waals surface area contributed by atoms with Gasteiger partial charge in [-0.25, -0.2) is 9.59 Å². The minimum absolute atomic E-state index is 0.316. The van der Waals surface area contributed by atoms with Crippen LogP contribution in [0.3, 0.4) is 0 Å². The summed E-state index contributed by atoms with van der Waals surface area (Å²) in [7, 11) is 1.88. The molecule has 0 amide bonds. The predicted molar refractivity (Wildman–Crippen MR) is 79.3 cm³/mol. The van der Waals surface area contributed by atoms with E-state index in [0.29, 0.717) is 0 Å². The van der Waals surface area contributed by atoms with Gasteiger partial charge in [0.05, 0.1) is 0 Å². The first-order chi connectivity index (χ1) is 9.76. The Balaban J connectivity index is 2.51. The number of carboxylic acid groups (broad SMARTS) is 2. The molecule has 110 valence electrons. The van der Waals surface area contributed by atoms with Gasteiger partial charge < -0.3 is 15.1 Å². The SMILES string of the molecule is CN1C(=CC=C(C(=O)O)C(=O)O)C(C)(C)c2ccccc21. The molecule has 1 aromatic rings. The van der Waals surface area contributed by atoms with Gasteiger partial charge in [0, 0.05) is 23.8 Å². The van der Waals surface area contributed by atoms with Crippen LogP contribution in [-0.2, 0) is 15.0 Å². The molecule has 0 radical (unpaired) electrons. The van der Waals surface area contributed by atoms with Crippen LogP contribution in [0.2, 0.25) is 0 Å². The molecule has 0 unspecified atom stereocenters. The van der Waals surface area contributed by atoms with Crippen molar-refractivity contribution in [1.82, 2.24) is 0 Å². The molecule has 21 heavy (non-hydrogen) atoms. The molecule has 0 saturated carbocycles. The molecule has 0 spiro atoms. The monoisotopic (exact) mass is 287 g/mol. The highest BCUT2D eigenvalue weighted by Crippen LogP contribution is 2.46. The largest absolute Gasteiger partial charge is 0.477 e. The second-order valence-corrected chi connectivity index (χ2v) is 5.44. The minimum atomic E-state index is -1.45. The maximum atomic E-state index is 10.9. The van der Waals surface area contributed by atoms with E-state index in [1.807, 2.05) is 50.1 Å². The van der Waals surface area contributed by atoms with Gasteiger partial charge in [0.1, 0.15) is 5.57 Å². The third-order valence-electron chi connectivity index (χ3n) is 3.81. The average molecular weight is 287 g/mol. The number of anilines is 1. The number of benzene rings is 1. The number of carbonyl (C=O) groups is 2. The standard InChI is InChI=1S/C16H17NO4/c1-16(2)11-6-4-5-7-12(11)17(3)13(16)9-8-10(14(18)19)15(20)21/h4-9H,1-3H3,(H,18,19)(H,20,21). The van der Waals surface area contributed by atoms with E-state index >= 15 is 0 Å². The van der Waals surface area contributed by atoms with E-state index in [0.717, 1.165) is 23.0 Å². The fraction of sp³-hybridized carbons (Fsp3) is 0.250. The molecule has 1 heterocycles. The molecule has 0 aromatic heterocycles. The molecule has 1 aliphatic heterocycles. The number of aliphatic carboxylic acids is 2. The zero-order valence-electron chi connectivity index (χ0n) is 12.1. The number of rotatable bonds is 3. The summed E-state index contributed by atoms with van der Waals surface area (Å²) in [6, 6.07) is 7.89. The fourth-order valence-corrected chi connectivity index (χ4v) is 2.70. The number of likely N-dealkylation sites (N-methyl/N-ethyl adjacent to an activating group) is 1. The summed E-state index contributed by atoms with van der Waals surface area (Å²) in [4.78, 5) is 23.8. The Morgan fingerprint density at radius 2 is 1.71 bits per heavy atom. The molecule has 0 bridgehead atoms. The van der Waals surface area contributed by atoms with E-state index in [-0.39, 0.29) is 5.41 Å². The lowest BCUT2D eigenvalue weighted by atomic mass is 9.83. The van der Waals surface area contributed by atoms with Crippen molar-refractivity contribution < 1.29 is 19.8 Å². The number of nitrogens with zero attached hydrogens (tertiary/aromatic N) is 1. The first kappa shape index (κ1) is 14.8. The molecule has 1 aromatic carbocycles. The molecule has 2 N–H and O–H groups in total. The highest BCUT2D eigenvalue weighted by molar-refractivity contribution is 6.12. The molecule has 0 fully saturated rings. The summed E-state index contributed by atoms with van der Waals surface area (Å²) in [5.74, 6) is -2.90. The number of para-hydroxylation sites is 1. The number of hydrogen-bond acceptors (Lipinski definition) is 3. The van der Waals surface area contributed by atoms with Crippen molar-refractivity contribution in [3.05, 3.63) is 53.3 Å². The van der Waals surface area contributed by atoms with Crippen LogP contribution in [0.4, 0.5) is 5.69 Å². The second kappa shape index (κ2) is 5.09. The minimum Gasteiger partial charge on any atom is -0.477 e. The van der Waals surface area contributed by atoms with Crippen LogP contribution in [0.5, 0.6) is 0 Å². The number of carboxylic acids is 2. The molecule has 1 aliphatic rings. The Morgan fingerprint density at radius 1 is 1.14 bits per heavy atom. The third kappa shape index (κ3) is 2.42. The van der Waals surface area contributed by atoms with Gasteiger partial charge >= 0.3 is 11.9 Å². The van der Waals surface area contributed by atoms with E-state index in [1.54, 1.807) is 6.08 Å². The first-order valence-corrected chi connectivity index (χ1v) is 6.49. The van der Waals surface area contributed by atoms with E-state index in [4.69, 9.17) is 10.2 Å². The normalized spacial score (nSPS) is 17.5. The van der Waals surface area contributed by atoms with Crippen LogP contribution in [0, 0.1) is 0 Å². The Labute approximate surface area is 122 Å². The van der Waals surface area contributed by atoms with Gasteiger partial charge in [-0.05, 0) is 23.8 Å². The fourth-order valence-electron chi connectivity index (χ4n) is 2.70. The van der Waals surface area contributed by atoms with Crippen LogP contribution in [0.1, 0.15) is 19.4 Å². The van der Waals surface area contributed by atoms with Crippen molar-refractivity contribution in [2.24, 2.45) is 0 Å². The van der Waals surface area contributed by atoms with Gasteiger partial charge in [-0.2, -0.15) is 0 Å². The van der Waals surface area contributed by atoms with E-state index in [1.165, 1.54) is 0 Å². The zero-order chi connectivity index (χ0) is 15.8. The maximum Gasteiger partial charge on any atom is 0.343 e. The van der Waals surface area contributed by atoms with Crippen LogP contribution in [-0.4, -0.2) is 29.2 Å². The van der Waals surface area contributed by atoms with Crippen molar-refractivity contribution in [2.45, 2.75) is 19.3 Å². The van der Waals surface area contributed by atoms with Crippen LogP contribution >= 0.6 is 0 Å². The van der Waals surface area contributed by atoms with Crippen molar-refractivity contribution in [3.63, 3.8) is 0 Å². The number of fused-ring (bicyclic) bond motifs is 1. The van der Waals surface area contributed by atoms with Gasteiger partial charge in [0.15, 0.2) is 0 Å². The van der Waals surface area contributed by atoms with Crippen molar-refractivity contribution in [1.29, 1.82) is 0 Å². The summed E-state index contributed by atoms with van der Waals surface area (Å²) < 4.78 is 0. The van der Waals surface area contributed by atoms with E-state index in [2.05, 4.69) is 0 Å². The van der Waals surface area contributed by atoms with Gasteiger partial charge in [0.25, 0.3) is 0 Å². The van der Waals surface area contributed by atoms with Gasteiger partial charge in [-0.15, -0.1) is 0 Å². The van der Waals surface area contributed by atoms with Gasteiger partial charge in [-0.3, -0.25) is 0 Å². The van der Waals surface area contributed by atoms with E-state index < -0.39 is 17.5 Å². The van der Waals surface area contributed by atoms with Crippen LogP contribution in [0.25, 0.3) is 0 Å². The summed E-state index contributed by atoms with van der Waals surface area (Å²) in [6.07, 6.45) is 2.71. The molecular formula is C16H17NO4. The lowest BCUT2D eigenvalue weighted by molar-refractivity contribution is -0.140. The van der Waals surface area contributed by atoms with Crippen LogP contribution in [0.15, 0.2) is 47.7 Å². The summed E-state index contributed by atoms with van der Waals surface area (Å²) in [6.45, 7) is 4.05. The molecule has 0 atom stereocenters. The summed E-state index contributed by atoms with van der Waals surface area (Å²) in [5, 5.41) is 17.8. The topological polar surface area (TPSA) is 77.8 Å². The first-order valence-electron chi connectivity index (χ1n) is 6.49. The Bertz CT molecular complexity index is 655. The third-order valence-corrected chi connectivity index (χ3v) is 3.81. The van der Waals surface area contributed by atoms with Crippen molar-refractivity contribution in [3.8, 4) is 0 Å². The molecular weight excluding hydrogens is 270 g/mol. The van der Waals surface area contributed by atoms with Crippen LogP contribution < -0.4 is 4.90 Å². The van der Waals surface area contributed by atoms with E-state index in [9.17, 15) is 9.59 Å². The van der Waals surface area contributed by atoms with Crippen molar-refractivity contribution >= 4 is 17.6 Å². The van der Waals surface area contributed by atoms with Crippen molar-refractivity contribution in [2.75, 3.05) is 11.9 Å². The highest BCUT2D eigenvalue weighted by Gasteiger charge is 2.37.